The average Bonchev–Trinajstić information content (AvgIpc) is 2.91. The van der Waals surface area contributed by atoms with E-state index in [0.717, 1.165) is 18.7 Å². The predicted molar refractivity (Wildman–Crippen MR) is 150 cm³/mol. The minimum absolute atomic E-state index is 0. The summed E-state index contributed by atoms with van der Waals surface area (Å²) in [5.74, 6) is -0.354. The van der Waals surface area contributed by atoms with Crippen LogP contribution in [0.15, 0.2) is 84.9 Å². The zero-order valence-electron chi connectivity index (χ0n) is 21.0. The highest BCUT2D eigenvalue weighted by Crippen LogP contribution is 2.40. The first-order chi connectivity index (χ1) is 18.0. The maximum Gasteiger partial charge on any atom is 0.341 e. The van der Waals surface area contributed by atoms with Crippen molar-refractivity contribution in [3.8, 4) is 11.5 Å². The van der Waals surface area contributed by atoms with Crippen molar-refractivity contribution in [1.82, 2.24) is 5.32 Å². The van der Waals surface area contributed by atoms with E-state index in [1.54, 1.807) is 24.3 Å². The molecule has 1 unspecified atom stereocenters. The molecule has 2 N–H and O–H groups in total. The average molecular weight is 537 g/mol. The molecule has 0 bridgehead atoms. The van der Waals surface area contributed by atoms with E-state index >= 15 is 0 Å². The first-order valence-electron chi connectivity index (χ1n) is 12.4. The van der Waals surface area contributed by atoms with Gasteiger partial charge in [0.05, 0.1) is 12.2 Å². The number of carboxylic acids is 1. The molecule has 1 aliphatic rings. The van der Waals surface area contributed by atoms with E-state index in [4.69, 9.17) is 14.6 Å². The molecule has 38 heavy (non-hydrogen) atoms. The van der Waals surface area contributed by atoms with Crippen LogP contribution in [0, 0.1) is 5.82 Å². The van der Waals surface area contributed by atoms with Crippen molar-refractivity contribution < 1.29 is 23.8 Å². The monoisotopic (exact) mass is 536 g/mol. The van der Waals surface area contributed by atoms with Crippen molar-refractivity contribution in [2.75, 3.05) is 24.6 Å². The second-order valence-electron chi connectivity index (χ2n) is 9.18. The number of hydrogen-bond acceptors (Lipinski definition) is 5. The number of benzene rings is 4. The van der Waals surface area contributed by atoms with Crippen LogP contribution in [0.3, 0.4) is 0 Å². The van der Waals surface area contributed by atoms with Gasteiger partial charge in [0.1, 0.15) is 23.4 Å². The van der Waals surface area contributed by atoms with E-state index in [9.17, 15) is 9.18 Å². The molecule has 198 valence electrons. The summed E-state index contributed by atoms with van der Waals surface area (Å²) in [5, 5.41) is 15.0. The molecule has 2 atom stereocenters. The van der Waals surface area contributed by atoms with E-state index in [1.165, 1.54) is 28.5 Å². The maximum absolute atomic E-state index is 14.2. The predicted octanol–water partition coefficient (Wildman–Crippen LogP) is 6.50. The summed E-state index contributed by atoms with van der Waals surface area (Å²) < 4.78 is 25.8. The Kier molecular flexibility index (Phi) is 8.71. The Balaban J connectivity index is 0.00000336. The van der Waals surface area contributed by atoms with Crippen LogP contribution in [0.2, 0.25) is 0 Å². The second-order valence-corrected chi connectivity index (χ2v) is 9.18. The van der Waals surface area contributed by atoms with Crippen LogP contribution in [-0.4, -0.2) is 36.9 Å². The Hall–Kier alpha value is -3.81. The van der Waals surface area contributed by atoms with Gasteiger partial charge in [-0.05, 0) is 60.5 Å². The highest BCUT2D eigenvalue weighted by atomic mass is 35.5. The Morgan fingerprint density at radius 2 is 1.89 bits per heavy atom. The molecule has 1 heterocycles. The Morgan fingerprint density at radius 3 is 2.74 bits per heavy atom. The third-order valence-corrected chi connectivity index (χ3v) is 6.59. The van der Waals surface area contributed by atoms with Gasteiger partial charge in [-0.2, -0.15) is 0 Å². The van der Waals surface area contributed by atoms with Crippen molar-refractivity contribution in [3.05, 3.63) is 96.3 Å². The summed E-state index contributed by atoms with van der Waals surface area (Å²) in [6.45, 7) is 2.99. The van der Waals surface area contributed by atoms with Crippen LogP contribution in [0.5, 0.6) is 11.5 Å². The van der Waals surface area contributed by atoms with Crippen LogP contribution in [-0.2, 0) is 4.79 Å². The molecule has 5 rings (SSSR count). The van der Waals surface area contributed by atoms with E-state index in [1.807, 2.05) is 17.0 Å². The highest BCUT2D eigenvalue weighted by Gasteiger charge is 2.27. The standard InChI is InChI=1S/C30H29FN2O4.ClH/c1-20(26-11-4-7-21-6-2-3-10-27(21)26)32-15-14-25-18-33(28-16-22(31)12-13-29(28)37-25)23-8-5-9-24(17-23)36-19-30(34)35;/h2-13,16-17,20,25,32H,14-15,18-19H2,1H3,(H,34,35);1H/t20-,25?;/m1./s1. The number of rotatable bonds is 9. The molecule has 0 radical (unpaired) electrons. The molecule has 6 nitrogen and oxygen atoms in total. The Morgan fingerprint density at radius 1 is 1.11 bits per heavy atom. The van der Waals surface area contributed by atoms with Crippen LogP contribution in [0.1, 0.15) is 24.9 Å². The summed E-state index contributed by atoms with van der Waals surface area (Å²) in [6.07, 6.45) is 0.617. The number of anilines is 2. The molecule has 1 aliphatic heterocycles. The van der Waals surface area contributed by atoms with Crippen LogP contribution >= 0.6 is 12.4 Å². The van der Waals surface area contributed by atoms with Crippen molar-refractivity contribution in [2.24, 2.45) is 0 Å². The number of nitrogens with one attached hydrogen (secondary N) is 1. The van der Waals surface area contributed by atoms with Crippen LogP contribution in [0.4, 0.5) is 15.8 Å². The van der Waals surface area contributed by atoms with Gasteiger partial charge in [-0.1, -0.05) is 48.5 Å². The van der Waals surface area contributed by atoms with Gasteiger partial charge in [0.15, 0.2) is 6.61 Å². The van der Waals surface area contributed by atoms with Crippen molar-refractivity contribution in [2.45, 2.75) is 25.5 Å². The lowest BCUT2D eigenvalue weighted by Crippen LogP contribution is -2.39. The smallest absolute Gasteiger partial charge is 0.341 e. The number of halogens is 2. The molecule has 8 heteroatoms. The summed E-state index contributed by atoms with van der Waals surface area (Å²) in [6, 6.07) is 26.6. The molecule has 0 fully saturated rings. The Labute approximate surface area is 227 Å². The largest absolute Gasteiger partial charge is 0.486 e. The van der Waals surface area contributed by atoms with Crippen molar-refractivity contribution in [1.29, 1.82) is 0 Å². The SMILES string of the molecule is C[C@@H](NCCC1CN(c2cccc(OCC(=O)O)c2)c2cc(F)ccc2O1)c1cccc2ccccc12.Cl. The number of hydrogen-bond donors (Lipinski definition) is 2. The third-order valence-electron chi connectivity index (χ3n) is 6.59. The molecular formula is C30H30ClFN2O4. The van der Waals surface area contributed by atoms with Gasteiger partial charge in [0.25, 0.3) is 0 Å². The zero-order chi connectivity index (χ0) is 25.8. The molecule has 4 aromatic rings. The fraction of sp³-hybridized carbons (Fsp3) is 0.233. The topological polar surface area (TPSA) is 71.0 Å². The number of carboxylic acid groups (broad SMARTS) is 1. The van der Waals surface area contributed by atoms with Gasteiger partial charge >= 0.3 is 5.97 Å². The van der Waals surface area contributed by atoms with Gasteiger partial charge in [0.2, 0.25) is 0 Å². The second kappa shape index (κ2) is 12.2. The first kappa shape index (κ1) is 27.2. The lowest BCUT2D eigenvalue weighted by atomic mass is 9.99. The molecule has 0 spiro atoms. The van der Waals surface area contributed by atoms with Gasteiger partial charge in [-0.15, -0.1) is 12.4 Å². The lowest BCUT2D eigenvalue weighted by molar-refractivity contribution is -0.139. The summed E-state index contributed by atoms with van der Waals surface area (Å²) in [7, 11) is 0. The minimum Gasteiger partial charge on any atom is -0.486 e. The molecule has 0 saturated heterocycles. The van der Waals surface area contributed by atoms with Crippen molar-refractivity contribution >= 4 is 40.5 Å². The summed E-state index contributed by atoms with van der Waals surface area (Å²) in [5.41, 5.74) is 2.66. The third kappa shape index (κ3) is 6.18. The van der Waals surface area contributed by atoms with Gasteiger partial charge in [-0.25, -0.2) is 9.18 Å². The highest BCUT2D eigenvalue weighted by molar-refractivity contribution is 5.86. The van der Waals surface area contributed by atoms with Crippen molar-refractivity contribution in [3.63, 3.8) is 0 Å². The van der Waals surface area contributed by atoms with E-state index in [2.05, 4.69) is 48.6 Å². The number of aliphatic carboxylic acids is 1. The van der Waals surface area contributed by atoms with Gasteiger partial charge in [-0.3, -0.25) is 0 Å². The zero-order valence-corrected chi connectivity index (χ0v) is 21.8. The number of fused-ring (bicyclic) bond motifs is 2. The number of carbonyl (C=O) groups is 1. The number of nitrogens with zero attached hydrogens (tertiary/aromatic N) is 1. The molecule has 0 aromatic heterocycles. The van der Waals surface area contributed by atoms with E-state index in [0.29, 0.717) is 23.7 Å². The van der Waals surface area contributed by atoms with Gasteiger partial charge < -0.3 is 24.8 Å². The van der Waals surface area contributed by atoms with E-state index in [-0.39, 0.29) is 30.4 Å². The summed E-state index contributed by atoms with van der Waals surface area (Å²) in [4.78, 5) is 12.9. The minimum atomic E-state index is -1.05. The maximum atomic E-state index is 14.2. The quantitative estimate of drug-likeness (QED) is 0.254. The molecular weight excluding hydrogens is 507 g/mol. The first-order valence-corrected chi connectivity index (χ1v) is 12.4. The van der Waals surface area contributed by atoms with Crippen LogP contribution in [0.25, 0.3) is 10.8 Å². The Bertz CT molecular complexity index is 1410. The molecule has 0 amide bonds. The molecule has 4 aromatic carbocycles. The van der Waals surface area contributed by atoms with Gasteiger partial charge in [0, 0.05) is 23.9 Å². The lowest BCUT2D eigenvalue weighted by Gasteiger charge is -2.36. The molecule has 0 aliphatic carbocycles. The van der Waals surface area contributed by atoms with E-state index < -0.39 is 12.6 Å². The van der Waals surface area contributed by atoms with Crippen LogP contribution < -0.4 is 19.7 Å². The molecule has 0 saturated carbocycles. The number of ether oxygens (including phenoxy) is 2. The summed E-state index contributed by atoms with van der Waals surface area (Å²) >= 11 is 0. The fourth-order valence-electron chi connectivity index (χ4n) is 4.80. The fourth-order valence-corrected chi connectivity index (χ4v) is 4.80. The normalized spacial score (nSPS) is 15.2.